The molecule has 4 nitrogen and oxygen atoms in total. The topological polar surface area (TPSA) is 57.6 Å². The van der Waals surface area contributed by atoms with Crippen molar-refractivity contribution in [3.05, 3.63) is 0 Å². The minimum Gasteiger partial charge on any atom is -0.385 e. The zero-order valence-corrected chi connectivity index (χ0v) is 8.48. The molecule has 1 saturated heterocycles. The van der Waals surface area contributed by atoms with E-state index in [-0.39, 0.29) is 11.8 Å². The van der Waals surface area contributed by atoms with Gasteiger partial charge in [-0.05, 0) is 26.4 Å². The van der Waals surface area contributed by atoms with E-state index in [2.05, 4.69) is 4.90 Å². The summed E-state index contributed by atoms with van der Waals surface area (Å²) in [6.07, 6.45) is 4.38. The second kappa shape index (κ2) is 5.22. The number of ketones is 1. The van der Waals surface area contributed by atoms with Gasteiger partial charge < -0.3 is 9.90 Å². The van der Waals surface area contributed by atoms with Gasteiger partial charge in [0.2, 0.25) is 0 Å². The summed E-state index contributed by atoms with van der Waals surface area (Å²) in [5.41, 5.74) is 0. The van der Waals surface area contributed by atoms with Crippen LogP contribution >= 0.6 is 0 Å². The predicted molar refractivity (Wildman–Crippen MR) is 52.0 cm³/mol. The minimum atomic E-state index is -0.588. The van der Waals surface area contributed by atoms with Crippen LogP contribution in [0.3, 0.4) is 0 Å². The number of aldehydes is 1. The van der Waals surface area contributed by atoms with Gasteiger partial charge in [0, 0.05) is 6.42 Å². The Morgan fingerprint density at radius 2 is 2.07 bits per heavy atom. The summed E-state index contributed by atoms with van der Waals surface area (Å²) in [6, 6.07) is 0.207. The molecule has 0 amide bonds. The molecule has 1 N–H and O–H groups in total. The van der Waals surface area contributed by atoms with Gasteiger partial charge in [0.1, 0.15) is 12.4 Å². The fraction of sp³-hybridized carbons (Fsp3) is 0.800. The third-order valence-electron chi connectivity index (χ3n) is 2.59. The number of piperidine rings is 1. The Bertz CT molecular complexity index is 217. The molecular formula is C10H17NO3. The molecule has 2 unspecified atom stereocenters. The quantitative estimate of drug-likeness (QED) is 0.603. The van der Waals surface area contributed by atoms with Crippen LogP contribution in [0.15, 0.2) is 0 Å². The summed E-state index contributed by atoms with van der Waals surface area (Å²) in [7, 11) is 2.01. The molecule has 0 aromatic heterocycles. The average Bonchev–Trinajstić information content (AvgIpc) is 2.82. The Morgan fingerprint density at radius 1 is 1.50 bits per heavy atom. The van der Waals surface area contributed by atoms with E-state index in [4.69, 9.17) is 5.11 Å². The fourth-order valence-electron chi connectivity index (χ4n) is 1.40. The minimum absolute atomic E-state index is 0.0231. The molecule has 0 aromatic carbocycles. The van der Waals surface area contributed by atoms with Crippen LogP contribution in [0, 0.1) is 0 Å². The highest BCUT2D eigenvalue weighted by Crippen LogP contribution is 2.12. The Balaban J connectivity index is 0.000000165. The van der Waals surface area contributed by atoms with Gasteiger partial charge in [-0.3, -0.25) is 9.69 Å². The lowest BCUT2D eigenvalue weighted by Gasteiger charge is -2.27. The number of nitrogens with zero attached hydrogens (tertiary/aromatic N) is 1. The molecule has 2 aliphatic rings. The van der Waals surface area contributed by atoms with E-state index in [0.29, 0.717) is 6.42 Å². The maximum atomic E-state index is 10.3. The number of Topliss-reactive ketones (excluding diaryl/α,β-unsaturated/α-hetero) is 1. The number of aliphatic hydroxyl groups excluding tert-OH is 1. The number of aliphatic hydroxyl groups is 1. The van der Waals surface area contributed by atoms with E-state index in [0.717, 1.165) is 19.3 Å². The molecule has 0 radical (unpaired) electrons. The molecule has 0 spiro atoms. The maximum Gasteiger partial charge on any atom is 0.164 e. The first-order chi connectivity index (χ1) is 6.65. The van der Waals surface area contributed by atoms with Gasteiger partial charge in [-0.1, -0.05) is 6.42 Å². The number of carbonyl (C=O) groups excluding carboxylic acids is 2. The SMILES string of the molecule is CN1CCCCC1C=O.O=C1CC1O. The second-order valence-corrected chi connectivity index (χ2v) is 3.87. The maximum absolute atomic E-state index is 10.3. The molecule has 2 fully saturated rings. The summed E-state index contributed by atoms with van der Waals surface area (Å²) in [5, 5.41) is 8.09. The van der Waals surface area contributed by atoms with Gasteiger partial charge in [0.15, 0.2) is 5.78 Å². The highest BCUT2D eigenvalue weighted by Gasteiger charge is 2.31. The predicted octanol–water partition coefficient (Wildman–Crippen LogP) is -0.0103. The zero-order valence-electron chi connectivity index (χ0n) is 8.48. The molecule has 4 heteroatoms. The van der Waals surface area contributed by atoms with Crippen molar-refractivity contribution in [3.8, 4) is 0 Å². The van der Waals surface area contributed by atoms with Crippen molar-refractivity contribution < 1.29 is 14.7 Å². The van der Waals surface area contributed by atoms with E-state index >= 15 is 0 Å². The summed E-state index contributed by atoms with van der Waals surface area (Å²) < 4.78 is 0. The van der Waals surface area contributed by atoms with E-state index in [1.165, 1.54) is 12.8 Å². The first-order valence-electron chi connectivity index (χ1n) is 5.01. The summed E-state index contributed by atoms with van der Waals surface area (Å²) >= 11 is 0. The lowest BCUT2D eigenvalue weighted by molar-refractivity contribution is -0.113. The second-order valence-electron chi connectivity index (χ2n) is 3.87. The smallest absolute Gasteiger partial charge is 0.164 e. The number of likely N-dealkylation sites (N-methyl/N-ethyl adjacent to an activating group) is 1. The van der Waals surface area contributed by atoms with Crippen LogP contribution < -0.4 is 0 Å². The summed E-state index contributed by atoms with van der Waals surface area (Å²) in [5.74, 6) is -0.0231. The molecule has 1 aliphatic carbocycles. The van der Waals surface area contributed by atoms with Crippen molar-refractivity contribution >= 4 is 12.1 Å². The van der Waals surface area contributed by atoms with Crippen LogP contribution in [0.1, 0.15) is 25.7 Å². The number of likely N-dealkylation sites (tertiary alicyclic amines) is 1. The standard InChI is InChI=1S/C7H13NO.C3H4O2/c1-8-5-3-2-4-7(8)6-9;4-2-1-3(2)5/h6-7H,2-5H2,1H3;2,4H,1H2. The molecule has 1 saturated carbocycles. The fourth-order valence-corrected chi connectivity index (χ4v) is 1.40. The monoisotopic (exact) mass is 199 g/mol. The van der Waals surface area contributed by atoms with E-state index in [1.807, 2.05) is 7.05 Å². The Labute approximate surface area is 83.9 Å². The number of rotatable bonds is 1. The zero-order chi connectivity index (χ0) is 10.6. The highest BCUT2D eigenvalue weighted by molar-refractivity contribution is 5.98. The van der Waals surface area contributed by atoms with Gasteiger partial charge >= 0.3 is 0 Å². The Morgan fingerprint density at radius 3 is 2.36 bits per heavy atom. The molecule has 2 atom stereocenters. The van der Waals surface area contributed by atoms with Gasteiger partial charge in [-0.15, -0.1) is 0 Å². The van der Waals surface area contributed by atoms with Gasteiger partial charge in [0.05, 0.1) is 6.04 Å². The lowest BCUT2D eigenvalue weighted by atomic mass is 10.0. The molecule has 1 aliphatic heterocycles. The van der Waals surface area contributed by atoms with Crippen LogP contribution in [-0.4, -0.2) is 47.8 Å². The molecule has 0 aromatic rings. The van der Waals surface area contributed by atoms with Gasteiger partial charge in [0.25, 0.3) is 0 Å². The normalized spacial score (nSPS) is 31.7. The number of carbonyl (C=O) groups is 2. The van der Waals surface area contributed by atoms with Crippen molar-refractivity contribution in [1.29, 1.82) is 0 Å². The van der Waals surface area contributed by atoms with Crippen LogP contribution in [0.4, 0.5) is 0 Å². The molecule has 1 heterocycles. The summed E-state index contributed by atoms with van der Waals surface area (Å²) in [4.78, 5) is 22.1. The van der Waals surface area contributed by atoms with Gasteiger partial charge in [-0.25, -0.2) is 0 Å². The third-order valence-corrected chi connectivity index (χ3v) is 2.59. The van der Waals surface area contributed by atoms with E-state index in [9.17, 15) is 9.59 Å². The molecular weight excluding hydrogens is 182 g/mol. The van der Waals surface area contributed by atoms with Crippen LogP contribution in [-0.2, 0) is 9.59 Å². The van der Waals surface area contributed by atoms with Crippen LogP contribution in [0.5, 0.6) is 0 Å². The first-order valence-corrected chi connectivity index (χ1v) is 5.01. The largest absolute Gasteiger partial charge is 0.385 e. The molecule has 80 valence electrons. The molecule has 2 rings (SSSR count). The van der Waals surface area contributed by atoms with Crippen LogP contribution in [0.25, 0.3) is 0 Å². The van der Waals surface area contributed by atoms with Crippen molar-refractivity contribution in [3.63, 3.8) is 0 Å². The summed E-state index contributed by atoms with van der Waals surface area (Å²) in [6.45, 7) is 1.09. The average molecular weight is 199 g/mol. The Hall–Kier alpha value is -0.740. The van der Waals surface area contributed by atoms with Crippen molar-refractivity contribution in [2.24, 2.45) is 0 Å². The number of hydrogen-bond donors (Lipinski definition) is 1. The molecule has 0 bridgehead atoms. The van der Waals surface area contributed by atoms with E-state index in [1.54, 1.807) is 0 Å². The first kappa shape index (κ1) is 11.3. The highest BCUT2D eigenvalue weighted by atomic mass is 16.3. The Kier molecular flexibility index (Phi) is 4.22. The van der Waals surface area contributed by atoms with E-state index < -0.39 is 6.10 Å². The van der Waals surface area contributed by atoms with Crippen LogP contribution in [0.2, 0.25) is 0 Å². The van der Waals surface area contributed by atoms with Crippen molar-refractivity contribution in [1.82, 2.24) is 4.90 Å². The van der Waals surface area contributed by atoms with Crippen molar-refractivity contribution in [2.45, 2.75) is 37.8 Å². The van der Waals surface area contributed by atoms with Crippen molar-refractivity contribution in [2.75, 3.05) is 13.6 Å². The molecule has 14 heavy (non-hydrogen) atoms. The lowest BCUT2D eigenvalue weighted by Crippen LogP contribution is -2.37. The van der Waals surface area contributed by atoms with Gasteiger partial charge in [-0.2, -0.15) is 0 Å². The third kappa shape index (κ3) is 3.55. The number of hydrogen-bond acceptors (Lipinski definition) is 4.